The van der Waals surface area contributed by atoms with E-state index in [1.165, 1.54) is 0 Å². The number of para-hydroxylation sites is 2. The fourth-order valence-corrected chi connectivity index (χ4v) is 3.55. The fourth-order valence-electron chi connectivity index (χ4n) is 3.55. The van der Waals surface area contributed by atoms with Gasteiger partial charge in [0.2, 0.25) is 5.95 Å². The van der Waals surface area contributed by atoms with E-state index in [0.717, 1.165) is 75.3 Å². The minimum Gasteiger partial charge on any atom is -0.378 e. The van der Waals surface area contributed by atoms with Crippen molar-refractivity contribution in [2.75, 3.05) is 62.4 Å². The predicted molar refractivity (Wildman–Crippen MR) is 103 cm³/mol. The van der Waals surface area contributed by atoms with Crippen LogP contribution in [0.4, 0.5) is 11.6 Å². The zero-order valence-electron chi connectivity index (χ0n) is 15.1. The monoisotopic (exact) mass is 366 g/mol. The van der Waals surface area contributed by atoms with Crippen molar-refractivity contribution < 1.29 is 9.47 Å². The Labute approximate surface area is 157 Å². The molecule has 0 unspecified atom stereocenters. The van der Waals surface area contributed by atoms with Crippen molar-refractivity contribution in [3.8, 4) is 5.95 Å². The van der Waals surface area contributed by atoms with E-state index in [-0.39, 0.29) is 0 Å². The molecular weight excluding hydrogens is 344 g/mol. The Kier molecular flexibility index (Phi) is 4.35. The topological polar surface area (TPSA) is 68.5 Å². The standard InChI is InChI=1S/C19H22N6O2/c1-2-4-16-15(3-1)20-14-25(16)19-21-17(23-5-9-26-10-6-23)13-18(22-19)24-7-11-27-12-8-24/h1-4,13-14H,5-12H2. The lowest BCUT2D eigenvalue weighted by Gasteiger charge is -2.31. The van der Waals surface area contributed by atoms with Crippen molar-refractivity contribution in [3.05, 3.63) is 36.7 Å². The lowest BCUT2D eigenvalue weighted by atomic mass is 10.3. The highest BCUT2D eigenvalue weighted by Gasteiger charge is 2.20. The Morgan fingerprint density at radius 3 is 2.00 bits per heavy atom. The van der Waals surface area contributed by atoms with E-state index in [1.807, 2.05) is 28.8 Å². The second kappa shape index (κ2) is 7.13. The molecule has 1 aromatic carbocycles. The van der Waals surface area contributed by atoms with Gasteiger partial charge in [0, 0.05) is 32.2 Å². The number of imidazole rings is 1. The number of hydrogen-bond acceptors (Lipinski definition) is 7. The molecule has 27 heavy (non-hydrogen) atoms. The molecule has 3 aromatic rings. The van der Waals surface area contributed by atoms with Crippen LogP contribution in [0, 0.1) is 0 Å². The molecule has 2 fully saturated rings. The summed E-state index contributed by atoms with van der Waals surface area (Å²) in [6.45, 7) is 6.24. The van der Waals surface area contributed by atoms with Gasteiger partial charge in [-0.05, 0) is 12.1 Å². The van der Waals surface area contributed by atoms with E-state index in [4.69, 9.17) is 19.4 Å². The van der Waals surface area contributed by atoms with E-state index in [2.05, 4.69) is 20.9 Å². The van der Waals surface area contributed by atoms with Crippen molar-refractivity contribution in [1.29, 1.82) is 0 Å². The minimum atomic E-state index is 0.647. The molecule has 0 amide bonds. The fraction of sp³-hybridized carbons (Fsp3) is 0.421. The number of anilines is 2. The largest absolute Gasteiger partial charge is 0.378 e. The molecule has 0 N–H and O–H groups in total. The number of nitrogens with zero attached hydrogens (tertiary/aromatic N) is 6. The van der Waals surface area contributed by atoms with Crippen LogP contribution in [0.25, 0.3) is 17.0 Å². The molecule has 2 saturated heterocycles. The SMILES string of the molecule is c1ccc2c(c1)ncn2-c1nc(N2CCOCC2)cc(N2CCOCC2)n1. The second-order valence-electron chi connectivity index (χ2n) is 6.69. The lowest BCUT2D eigenvalue weighted by molar-refractivity contribution is 0.122. The van der Waals surface area contributed by atoms with Gasteiger partial charge in [-0.15, -0.1) is 0 Å². The number of rotatable bonds is 3. The van der Waals surface area contributed by atoms with Crippen LogP contribution in [0.5, 0.6) is 0 Å². The molecule has 5 rings (SSSR count). The summed E-state index contributed by atoms with van der Waals surface area (Å²) in [6.07, 6.45) is 1.80. The first-order valence-corrected chi connectivity index (χ1v) is 9.35. The van der Waals surface area contributed by atoms with Crippen LogP contribution >= 0.6 is 0 Å². The van der Waals surface area contributed by atoms with Gasteiger partial charge in [-0.3, -0.25) is 4.57 Å². The number of aromatic nitrogens is 4. The Bertz CT molecular complexity index is 895. The maximum atomic E-state index is 5.50. The Morgan fingerprint density at radius 2 is 1.37 bits per heavy atom. The van der Waals surface area contributed by atoms with Crippen molar-refractivity contribution in [3.63, 3.8) is 0 Å². The van der Waals surface area contributed by atoms with Gasteiger partial charge in [0.1, 0.15) is 18.0 Å². The molecule has 0 saturated carbocycles. The molecule has 8 nitrogen and oxygen atoms in total. The highest BCUT2D eigenvalue weighted by atomic mass is 16.5. The number of fused-ring (bicyclic) bond motifs is 1. The third-order valence-corrected chi connectivity index (χ3v) is 5.03. The van der Waals surface area contributed by atoms with Gasteiger partial charge in [-0.2, -0.15) is 9.97 Å². The molecule has 2 aromatic heterocycles. The summed E-state index contributed by atoms with van der Waals surface area (Å²) in [5.41, 5.74) is 1.94. The molecule has 8 heteroatoms. The first kappa shape index (κ1) is 16.5. The Hall–Kier alpha value is -2.71. The zero-order valence-corrected chi connectivity index (χ0v) is 15.1. The van der Waals surface area contributed by atoms with E-state index in [0.29, 0.717) is 5.95 Å². The normalized spacial score (nSPS) is 18.2. The lowest BCUT2D eigenvalue weighted by Crippen LogP contribution is -2.39. The number of morpholine rings is 2. The average Bonchev–Trinajstić information content (AvgIpc) is 3.19. The number of hydrogen-bond donors (Lipinski definition) is 0. The van der Waals surface area contributed by atoms with Gasteiger partial charge in [-0.1, -0.05) is 12.1 Å². The van der Waals surface area contributed by atoms with E-state index in [1.54, 1.807) is 6.33 Å². The third-order valence-electron chi connectivity index (χ3n) is 5.03. The van der Waals surface area contributed by atoms with Crippen molar-refractivity contribution >= 4 is 22.7 Å². The molecular formula is C19H22N6O2. The number of benzene rings is 1. The van der Waals surface area contributed by atoms with Gasteiger partial charge < -0.3 is 19.3 Å². The predicted octanol–water partition coefficient (Wildman–Crippen LogP) is 1.49. The summed E-state index contributed by atoms with van der Waals surface area (Å²) in [7, 11) is 0. The zero-order chi connectivity index (χ0) is 18.1. The summed E-state index contributed by atoms with van der Waals surface area (Å²) in [6, 6.07) is 10.1. The Balaban J connectivity index is 1.60. The van der Waals surface area contributed by atoms with Crippen molar-refractivity contribution in [2.24, 2.45) is 0 Å². The molecule has 4 heterocycles. The van der Waals surface area contributed by atoms with Crippen LogP contribution in [0.15, 0.2) is 36.7 Å². The molecule has 0 spiro atoms. The molecule has 0 radical (unpaired) electrons. The van der Waals surface area contributed by atoms with Crippen LogP contribution in [0.3, 0.4) is 0 Å². The first-order chi connectivity index (χ1) is 13.4. The van der Waals surface area contributed by atoms with Crippen LogP contribution in [0.1, 0.15) is 0 Å². The van der Waals surface area contributed by atoms with Crippen molar-refractivity contribution in [2.45, 2.75) is 0 Å². The summed E-state index contributed by atoms with van der Waals surface area (Å²) in [5.74, 6) is 2.51. The Morgan fingerprint density at radius 1 is 0.778 bits per heavy atom. The van der Waals surface area contributed by atoms with Crippen LogP contribution < -0.4 is 9.80 Å². The van der Waals surface area contributed by atoms with Gasteiger partial charge in [0.25, 0.3) is 0 Å². The summed E-state index contributed by atoms with van der Waals surface area (Å²) >= 11 is 0. The van der Waals surface area contributed by atoms with Crippen LogP contribution in [-0.2, 0) is 9.47 Å². The average molecular weight is 366 g/mol. The smallest absolute Gasteiger partial charge is 0.239 e. The summed E-state index contributed by atoms with van der Waals surface area (Å²) in [4.78, 5) is 18.8. The number of ether oxygens (including phenoxy) is 2. The quantitative estimate of drug-likeness (QED) is 0.696. The maximum absolute atomic E-state index is 5.50. The van der Waals surface area contributed by atoms with Gasteiger partial charge >= 0.3 is 0 Å². The second-order valence-corrected chi connectivity index (χ2v) is 6.69. The molecule has 0 atom stereocenters. The van der Waals surface area contributed by atoms with Crippen LogP contribution in [-0.4, -0.2) is 72.1 Å². The van der Waals surface area contributed by atoms with E-state index < -0.39 is 0 Å². The third kappa shape index (κ3) is 3.22. The molecule has 0 aliphatic carbocycles. The first-order valence-electron chi connectivity index (χ1n) is 9.35. The molecule has 2 aliphatic rings. The highest BCUT2D eigenvalue weighted by molar-refractivity contribution is 5.76. The molecule has 140 valence electrons. The molecule has 0 bridgehead atoms. The van der Waals surface area contributed by atoms with Gasteiger partial charge in [0.15, 0.2) is 0 Å². The van der Waals surface area contributed by atoms with Crippen molar-refractivity contribution in [1.82, 2.24) is 19.5 Å². The minimum absolute atomic E-state index is 0.647. The van der Waals surface area contributed by atoms with Gasteiger partial charge in [-0.25, -0.2) is 4.98 Å². The molecule has 2 aliphatic heterocycles. The van der Waals surface area contributed by atoms with Crippen LogP contribution in [0.2, 0.25) is 0 Å². The maximum Gasteiger partial charge on any atom is 0.239 e. The van der Waals surface area contributed by atoms with Gasteiger partial charge in [0.05, 0.1) is 37.5 Å². The van der Waals surface area contributed by atoms with E-state index >= 15 is 0 Å². The van der Waals surface area contributed by atoms with E-state index in [9.17, 15) is 0 Å². The summed E-state index contributed by atoms with van der Waals surface area (Å²) < 4.78 is 13.0. The summed E-state index contributed by atoms with van der Waals surface area (Å²) in [5, 5.41) is 0. The highest BCUT2D eigenvalue weighted by Crippen LogP contribution is 2.24.